The lowest BCUT2D eigenvalue weighted by molar-refractivity contribution is 0.0687. The Labute approximate surface area is 234 Å². The molecule has 0 amide bonds. The number of benzene rings is 3. The molecule has 3 heterocycles. The fourth-order valence-corrected chi connectivity index (χ4v) is 7.06. The van der Waals surface area contributed by atoms with Crippen LogP contribution < -0.4 is 5.32 Å². The Morgan fingerprint density at radius 2 is 1.38 bits per heavy atom. The molecule has 0 saturated carbocycles. The van der Waals surface area contributed by atoms with E-state index in [1.807, 2.05) is 0 Å². The standard InChI is InChI=1S/C33H33N5O2/c39-32(40)30-27-16-17-29-28(31(27)38(36-30)26-18-20-34-21-19-26)22-37(35-29)33(23-10-4-1-5-11-23,24-12-6-2-7-13-24)25-14-8-3-9-15-25/h1-15,26,28,34H,16-22H2,(H,39,40). The molecule has 40 heavy (non-hydrogen) atoms. The third-order valence-electron chi connectivity index (χ3n) is 8.84. The predicted molar refractivity (Wildman–Crippen MR) is 155 cm³/mol. The van der Waals surface area contributed by atoms with Gasteiger partial charge in [-0.05, 0) is 55.5 Å². The summed E-state index contributed by atoms with van der Waals surface area (Å²) in [6.45, 7) is 2.48. The number of piperidine rings is 1. The molecule has 2 aliphatic heterocycles. The molecule has 2 N–H and O–H groups in total. The first-order chi connectivity index (χ1) is 19.7. The number of hydrogen-bond acceptors (Lipinski definition) is 5. The highest BCUT2D eigenvalue weighted by Gasteiger charge is 2.48. The quantitative estimate of drug-likeness (QED) is 0.334. The summed E-state index contributed by atoms with van der Waals surface area (Å²) < 4.78 is 2.07. The van der Waals surface area contributed by atoms with Gasteiger partial charge in [-0.15, -0.1) is 0 Å². The van der Waals surface area contributed by atoms with Crippen molar-refractivity contribution in [2.75, 3.05) is 19.6 Å². The van der Waals surface area contributed by atoms with Crippen LogP contribution in [0.2, 0.25) is 0 Å². The molecule has 0 radical (unpaired) electrons. The SMILES string of the molecule is O=C(O)c1nn(C2CCNCC2)c2c1CCC1=NN(C(c3ccccc3)(c3ccccc3)c3ccccc3)CC12. The maximum Gasteiger partial charge on any atom is 0.356 e. The van der Waals surface area contributed by atoms with Crippen LogP contribution in [0.4, 0.5) is 0 Å². The number of nitrogens with zero attached hydrogens (tertiary/aromatic N) is 4. The minimum Gasteiger partial charge on any atom is -0.476 e. The smallest absolute Gasteiger partial charge is 0.356 e. The van der Waals surface area contributed by atoms with Crippen LogP contribution in [0.1, 0.15) is 69.7 Å². The molecule has 1 unspecified atom stereocenters. The van der Waals surface area contributed by atoms with Gasteiger partial charge in [0, 0.05) is 11.3 Å². The number of carboxylic acids is 1. The number of carboxylic acid groups (broad SMARTS) is 1. The molecule has 0 bridgehead atoms. The van der Waals surface area contributed by atoms with Crippen molar-refractivity contribution < 1.29 is 9.90 Å². The number of hydrazone groups is 1. The first-order valence-corrected chi connectivity index (χ1v) is 14.2. The van der Waals surface area contributed by atoms with Gasteiger partial charge < -0.3 is 10.4 Å². The van der Waals surface area contributed by atoms with Crippen LogP contribution in [0.5, 0.6) is 0 Å². The summed E-state index contributed by atoms with van der Waals surface area (Å²) in [7, 11) is 0. The van der Waals surface area contributed by atoms with E-state index in [9.17, 15) is 9.90 Å². The average Bonchev–Trinajstić information content (AvgIpc) is 3.62. The van der Waals surface area contributed by atoms with Crippen LogP contribution >= 0.6 is 0 Å². The van der Waals surface area contributed by atoms with Gasteiger partial charge in [0.05, 0.1) is 24.2 Å². The van der Waals surface area contributed by atoms with Gasteiger partial charge in [-0.2, -0.15) is 10.2 Å². The number of carbonyl (C=O) groups is 1. The van der Waals surface area contributed by atoms with Crippen LogP contribution in [-0.4, -0.2) is 51.2 Å². The lowest BCUT2D eigenvalue weighted by Crippen LogP contribution is -2.45. The molecule has 3 aliphatic rings. The largest absolute Gasteiger partial charge is 0.476 e. The van der Waals surface area contributed by atoms with Crippen LogP contribution in [0.25, 0.3) is 0 Å². The van der Waals surface area contributed by atoms with E-state index in [-0.39, 0.29) is 17.7 Å². The number of fused-ring (bicyclic) bond motifs is 3. The van der Waals surface area contributed by atoms with E-state index in [1.54, 1.807) is 0 Å². The Morgan fingerprint density at radius 1 is 0.825 bits per heavy atom. The van der Waals surface area contributed by atoms with E-state index in [1.165, 1.54) is 0 Å². The molecule has 202 valence electrons. The summed E-state index contributed by atoms with van der Waals surface area (Å²) in [4.78, 5) is 12.3. The van der Waals surface area contributed by atoms with Crippen molar-refractivity contribution in [2.45, 2.75) is 43.2 Å². The summed E-state index contributed by atoms with van der Waals surface area (Å²) in [5, 5.41) is 25.9. The highest BCUT2D eigenvalue weighted by atomic mass is 16.4. The van der Waals surface area contributed by atoms with E-state index in [2.05, 4.69) is 106 Å². The summed E-state index contributed by atoms with van der Waals surface area (Å²) in [5.74, 6) is -0.943. The van der Waals surface area contributed by atoms with Crippen molar-refractivity contribution in [3.05, 3.63) is 125 Å². The molecule has 4 aromatic rings. The molecular weight excluding hydrogens is 498 g/mol. The Kier molecular flexibility index (Phi) is 6.24. The highest BCUT2D eigenvalue weighted by molar-refractivity contribution is 5.96. The highest BCUT2D eigenvalue weighted by Crippen LogP contribution is 2.48. The third-order valence-corrected chi connectivity index (χ3v) is 8.84. The lowest BCUT2D eigenvalue weighted by atomic mass is 9.76. The maximum absolute atomic E-state index is 12.3. The van der Waals surface area contributed by atoms with Gasteiger partial charge in [-0.3, -0.25) is 9.69 Å². The van der Waals surface area contributed by atoms with Gasteiger partial charge in [0.25, 0.3) is 0 Å². The van der Waals surface area contributed by atoms with Gasteiger partial charge in [-0.1, -0.05) is 91.0 Å². The number of nitrogens with one attached hydrogen (secondary N) is 1. The van der Waals surface area contributed by atoms with Crippen LogP contribution in [0, 0.1) is 0 Å². The van der Waals surface area contributed by atoms with Crippen molar-refractivity contribution >= 4 is 11.7 Å². The second-order valence-corrected chi connectivity index (χ2v) is 11.0. The normalized spacial score (nSPS) is 19.1. The van der Waals surface area contributed by atoms with Crippen LogP contribution in [-0.2, 0) is 12.0 Å². The second kappa shape index (κ2) is 10.1. The molecule has 1 aliphatic carbocycles. The number of aromatic nitrogens is 2. The zero-order valence-electron chi connectivity index (χ0n) is 22.4. The number of aromatic carboxylic acids is 1. The van der Waals surface area contributed by atoms with Crippen molar-refractivity contribution in [2.24, 2.45) is 5.10 Å². The molecule has 1 fully saturated rings. The number of rotatable bonds is 6. The van der Waals surface area contributed by atoms with Crippen molar-refractivity contribution in [3.63, 3.8) is 0 Å². The summed E-state index contributed by atoms with van der Waals surface area (Å²) >= 11 is 0. The fraction of sp³-hybridized carbons (Fsp3) is 0.303. The molecule has 1 aromatic heterocycles. The zero-order valence-corrected chi connectivity index (χ0v) is 22.4. The molecule has 7 heteroatoms. The van der Waals surface area contributed by atoms with Crippen molar-refractivity contribution in [1.29, 1.82) is 0 Å². The van der Waals surface area contributed by atoms with E-state index in [0.717, 1.165) is 66.0 Å². The topological polar surface area (TPSA) is 82.7 Å². The Hall–Kier alpha value is -4.23. The molecule has 7 rings (SSSR count). The fourth-order valence-electron chi connectivity index (χ4n) is 7.06. The molecule has 1 atom stereocenters. The molecule has 7 nitrogen and oxygen atoms in total. The van der Waals surface area contributed by atoms with Crippen LogP contribution in [0.3, 0.4) is 0 Å². The Bertz CT molecular complexity index is 1450. The third kappa shape index (κ3) is 3.87. The van der Waals surface area contributed by atoms with E-state index >= 15 is 0 Å². The van der Waals surface area contributed by atoms with E-state index < -0.39 is 11.5 Å². The van der Waals surface area contributed by atoms with Gasteiger partial charge in [0.15, 0.2) is 5.69 Å². The maximum atomic E-state index is 12.3. The molecule has 0 spiro atoms. The molecule has 3 aromatic carbocycles. The van der Waals surface area contributed by atoms with Crippen molar-refractivity contribution in [3.8, 4) is 0 Å². The zero-order chi connectivity index (χ0) is 27.1. The average molecular weight is 532 g/mol. The minimum atomic E-state index is -0.939. The predicted octanol–water partition coefficient (Wildman–Crippen LogP) is 5.20. The Morgan fingerprint density at radius 3 is 1.90 bits per heavy atom. The summed E-state index contributed by atoms with van der Waals surface area (Å²) in [5.41, 5.74) is 6.07. The van der Waals surface area contributed by atoms with Gasteiger partial charge >= 0.3 is 5.97 Å². The number of hydrogen-bond donors (Lipinski definition) is 2. The van der Waals surface area contributed by atoms with Gasteiger partial charge in [0.1, 0.15) is 5.54 Å². The molecule has 1 saturated heterocycles. The molecular formula is C33H33N5O2. The first kappa shape index (κ1) is 24.8. The minimum absolute atomic E-state index is 0.00486. The Balaban J connectivity index is 1.41. The van der Waals surface area contributed by atoms with Crippen molar-refractivity contribution in [1.82, 2.24) is 20.1 Å². The van der Waals surface area contributed by atoms with Gasteiger partial charge in [-0.25, -0.2) is 4.79 Å². The van der Waals surface area contributed by atoms with E-state index in [0.29, 0.717) is 13.0 Å². The van der Waals surface area contributed by atoms with Crippen LogP contribution in [0.15, 0.2) is 96.1 Å². The van der Waals surface area contributed by atoms with Gasteiger partial charge in [0.2, 0.25) is 0 Å². The summed E-state index contributed by atoms with van der Waals surface area (Å²) in [6, 6.07) is 32.0. The monoisotopic (exact) mass is 531 g/mol. The lowest BCUT2D eigenvalue weighted by Gasteiger charge is -2.43. The first-order valence-electron chi connectivity index (χ1n) is 14.2. The second-order valence-electron chi connectivity index (χ2n) is 11.0. The summed E-state index contributed by atoms with van der Waals surface area (Å²) in [6.07, 6.45) is 3.27. The van der Waals surface area contributed by atoms with E-state index in [4.69, 9.17) is 10.2 Å².